The van der Waals surface area contributed by atoms with Gasteiger partial charge in [0.1, 0.15) is 5.75 Å². The molecule has 3 rings (SSSR count). The van der Waals surface area contributed by atoms with Crippen LogP contribution in [-0.2, 0) is 11.2 Å². The maximum Gasteiger partial charge on any atom is 0.243 e. The van der Waals surface area contributed by atoms with Crippen LogP contribution in [0.3, 0.4) is 0 Å². The van der Waals surface area contributed by atoms with Crippen LogP contribution in [0.4, 0.5) is 11.4 Å². The van der Waals surface area contributed by atoms with E-state index in [2.05, 4.69) is 42.3 Å². The first kappa shape index (κ1) is 18.3. The van der Waals surface area contributed by atoms with E-state index in [9.17, 15) is 4.79 Å². The summed E-state index contributed by atoms with van der Waals surface area (Å²) < 4.78 is 5.72. The zero-order valence-corrected chi connectivity index (χ0v) is 15.7. The van der Waals surface area contributed by atoms with Gasteiger partial charge in [0, 0.05) is 17.9 Å². The van der Waals surface area contributed by atoms with Crippen LogP contribution in [0.5, 0.6) is 5.75 Å². The van der Waals surface area contributed by atoms with Gasteiger partial charge in [-0.15, -0.1) is 0 Å². The first-order valence-corrected chi connectivity index (χ1v) is 9.47. The fourth-order valence-electron chi connectivity index (χ4n) is 3.20. The highest BCUT2D eigenvalue weighted by Crippen LogP contribution is 2.26. The van der Waals surface area contributed by atoms with Gasteiger partial charge in [-0.3, -0.25) is 4.79 Å². The van der Waals surface area contributed by atoms with E-state index in [1.165, 1.54) is 11.3 Å². The minimum Gasteiger partial charge on any atom is -0.494 e. The van der Waals surface area contributed by atoms with Crippen LogP contribution in [0.15, 0.2) is 48.5 Å². The maximum absolute atomic E-state index is 12.4. The van der Waals surface area contributed by atoms with E-state index in [-0.39, 0.29) is 5.91 Å². The molecule has 0 fully saturated rings. The minimum atomic E-state index is 0.00943. The quantitative estimate of drug-likeness (QED) is 0.797. The number of nitrogens with zero attached hydrogens (tertiary/aromatic N) is 1. The molecule has 0 saturated carbocycles. The number of hydrogen-bond donors (Lipinski definition) is 1. The van der Waals surface area contributed by atoms with Crippen molar-refractivity contribution in [2.75, 3.05) is 29.9 Å². The summed E-state index contributed by atoms with van der Waals surface area (Å²) in [6.07, 6.45) is 3.22. The van der Waals surface area contributed by atoms with E-state index >= 15 is 0 Å². The summed E-state index contributed by atoms with van der Waals surface area (Å²) in [5.41, 5.74) is 3.31. The second-order valence-corrected chi connectivity index (χ2v) is 7.26. The Hall–Kier alpha value is -2.49. The molecule has 0 bridgehead atoms. The van der Waals surface area contributed by atoms with Crippen molar-refractivity contribution in [2.45, 2.75) is 33.1 Å². The van der Waals surface area contributed by atoms with Gasteiger partial charge in [0.2, 0.25) is 5.91 Å². The zero-order valence-electron chi connectivity index (χ0n) is 15.7. The average molecular weight is 352 g/mol. The highest BCUT2D eigenvalue weighted by molar-refractivity contribution is 5.94. The average Bonchev–Trinajstić information content (AvgIpc) is 2.63. The lowest BCUT2D eigenvalue weighted by Crippen LogP contribution is -2.36. The number of nitrogens with one attached hydrogen (secondary N) is 1. The normalized spacial score (nSPS) is 13.4. The third-order valence-corrected chi connectivity index (χ3v) is 4.64. The van der Waals surface area contributed by atoms with E-state index < -0.39 is 0 Å². The molecule has 4 nitrogen and oxygen atoms in total. The Morgan fingerprint density at radius 3 is 2.69 bits per heavy atom. The summed E-state index contributed by atoms with van der Waals surface area (Å²) in [6.45, 7) is 6.39. The van der Waals surface area contributed by atoms with Crippen LogP contribution in [-0.4, -0.2) is 25.6 Å². The van der Waals surface area contributed by atoms with Gasteiger partial charge in [0.15, 0.2) is 0 Å². The molecule has 1 amide bonds. The number of benzene rings is 2. The van der Waals surface area contributed by atoms with E-state index in [0.717, 1.165) is 43.9 Å². The monoisotopic (exact) mass is 352 g/mol. The van der Waals surface area contributed by atoms with Crippen molar-refractivity contribution >= 4 is 17.3 Å². The fourth-order valence-corrected chi connectivity index (χ4v) is 3.20. The molecule has 0 saturated heterocycles. The number of anilines is 2. The van der Waals surface area contributed by atoms with Crippen LogP contribution >= 0.6 is 0 Å². The summed E-state index contributed by atoms with van der Waals surface area (Å²) in [5, 5.41) is 2.99. The summed E-state index contributed by atoms with van der Waals surface area (Å²) >= 11 is 0. The van der Waals surface area contributed by atoms with E-state index in [0.29, 0.717) is 12.5 Å². The Morgan fingerprint density at radius 1 is 1.15 bits per heavy atom. The molecule has 0 atom stereocenters. The molecule has 2 aromatic carbocycles. The molecule has 1 N–H and O–H groups in total. The Balaban J connectivity index is 1.52. The molecule has 1 heterocycles. The molecule has 1 aliphatic heterocycles. The van der Waals surface area contributed by atoms with Crippen LogP contribution in [0.2, 0.25) is 0 Å². The lowest BCUT2D eigenvalue weighted by molar-refractivity contribution is -0.115. The van der Waals surface area contributed by atoms with Crippen molar-refractivity contribution in [3.63, 3.8) is 0 Å². The molecule has 4 heteroatoms. The number of hydrogen-bond acceptors (Lipinski definition) is 3. The van der Waals surface area contributed by atoms with Crippen LogP contribution < -0.4 is 15.0 Å². The van der Waals surface area contributed by atoms with Crippen molar-refractivity contribution in [3.05, 3.63) is 54.1 Å². The Labute approximate surface area is 156 Å². The van der Waals surface area contributed by atoms with Crippen molar-refractivity contribution in [1.82, 2.24) is 0 Å². The molecular weight excluding hydrogens is 324 g/mol. The molecule has 0 radical (unpaired) electrons. The maximum atomic E-state index is 12.4. The van der Waals surface area contributed by atoms with Gasteiger partial charge >= 0.3 is 0 Å². The van der Waals surface area contributed by atoms with Gasteiger partial charge in [-0.25, -0.2) is 0 Å². The lowest BCUT2D eigenvalue weighted by Gasteiger charge is -2.30. The van der Waals surface area contributed by atoms with Gasteiger partial charge in [-0.2, -0.15) is 0 Å². The molecule has 138 valence electrons. The molecule has 26 heavy (non-hydrogen) atoms. The number of fused-ring (bicyclic) bond motifs is 1. The topological polar surface area (TPSA) is 41.6 Å². The number of carbonyl (C=O) groups excluding carboxylic acids is 1. The number of ether oxygens (including phenoxy) is 1. The summed E-state index contributed by atoms with van der Waals surface area (Å²) in [4.78, 5) is 14.6. The van der Waals surface area contributed by atoms with Gasteiger partial charge in [0.25, 0.3) is 0 Å². The molecule has 2 aromatic rings. The number of rotatable bonds is 7. The lowest BCUT2D eigenvalue weighted by atomic mass is 10.0. The first-order chi connectivity index (χ1) is 12.6. The number of carbonyl (C=O) groups is 1. The molecule has 1 aliphatic rings. The predicted molar refractivity (Wildman–Crippen MR) is 107 cm³/mol. The van der Waals surface area contributed by atoms with Crippen LogP contribution in [0.25, 0.3) is 0 Å². The smallest absolute Gasteiger partial charge is 0.243 e. The standard InChI is InChI=1S/C22H28N2O2/c1-17(2)13-15-26-20-11-9-19(10-12-20)23-22(25)16-24-14-5-7-18-6-3-4-8-21(18)24/h3-4,6,8-12,17H,5,7,13-16H2,1-2H3,(H,23,25). The van der Waals surface area contributed by atoms with Crippen molar-refractivity contribution in [2.24, 2.45) is 5.92 Å². The summed E-state index contributed by atoms with van der Waals surface area (Å²) in [7, 11) is 0. The highest BCUT2D eigenvalue weighted by atomic mass is 16.5. The van der Waals surface area contributed by atoms with E-state index in [4.69, 9.17) is 4.74 Å². The minimum absolute atomic E-state index is 0.00943. The molecule has 0 spiro atoms. The first-order valence-electron chi connectivity index (χ1n) is 9.47. The van der Waals surface area contributed by atoms with Crippen molar-refractivity contribution < 1.29 is 9.53 Å². The zero-order chi connectivity index (χ0) is 18.4. The van der Waals surface area contributed by atoms with E-state index in [1.807, 2.05) is 30.3 Å². The molecular formula is C22H28N2O2. The largest absolute Gasteiger partial charge is 0.494 e. The van der Waals surface area contributed by atoms with Gasteiger partial charge in [-0.05, 0) is 61.1 Å². The second kappa shape index (κ2) is 8.75. The fraction of sp³-hybridized carbons (Fsp3) is 0.409. The Bertz CT molecular complexity index is 725. The van der Waals surface area contributed by atoms with Crippen molar-refractivity contribution in [1.29, 1.82) is 0 Å². The Morgan fingerprint density at radius 2 is 1.92 bits per heavy atom. The van der Waals surface area contributed by atoms with Crippen molar-refractivity contribution in [3.8, 4) is 5.75 Å². The predicted octanol–water partition coefficient (Wildman–Crippen LogP) is 4.50. The van der Waals surface area contributed by atoms with Gasteiger partial charge in [-0.1, -0.05) is 32.0 Å². The highest BCUT2D eigenvalue weighted by Gasteiger charge is 2.18. The third-order valence-electron chi connectivity index (χ3n) is 4.64. The number of para-hydroxylation sites is 1. The van der Waals surface area contributed by atoms with Crippen LogP contribution in [0, 0.1) is 5.92 Å². The van der Waals surface area contributed by atoms with Crippen LogP contribution in [0.1, 0.15) is 32.3 Å². The summed E-state index contributed by atoms with van der Waals surface area (Å²) in [6, 6.07) is 16.0. The molecule has 0 aliphatic carbocycles. The van der Waals surface area contributed by atoms with Gasteiger partial charge < -0.3 is 15.0 Å². The number of aryl methyl sites for hydroxylation is 1. The van der Waals surface area contributed by atoms with E-state index in [1.54, 1.807) is 0 Å². The molecule has 0 aromatic heterocycles. The summed E-state index contributed by atoms with van der Waals surface area (Å²) in [5.74, 6) is 1.48. The van der Waals surface area contributed by atoms with Gasteiger partial charge in [0.05, 0.1) is 13.2 Å². The SMILES string of the molecule is CC(C)CCOc1ccc(NC(=O)CN2CCCc3ccccc32)cc1. The number of amides is 1. The third kappa shape index (κ3) is 5.01. The second-order valence-electron chi connectivity index (χ2n) is 7.26. The molecule has 0 unspecified atom stereocenters. The Kier molecular flexibility index (Phi) is 6.16.